The normalized spacial score (nSPS) is 18.8. The summed E-state index contributed by atoms with van der Waals surface area (Å²) >= 11 is 3.35. The molecule has 0 bridgehead atoms. The van der Waals surface area contributed by atoms with Crippen molar-refractivity contribution in [2.24, 2.45) is 0 Å². The number of hydrogen-bond donors (Lipinski definition) is 1. The Bertz CT molecular complexity index is 582. The van der Waals surface area contributed by atoms with Crippen molar-refractivity contribution in [2.75, 3.05) is 6.54 Å². The zero-order valence-corrected chi connectivity index (χ0v) is 11.9. The molecule has 98 valence electrons. The van der Waals surface area contributed by atoms with E-state index in [-0.39, 0.29) is 11.9 Å². The number of carbonyl (C=O) groups excluding carboxylic acids is 1. The van der Waals surface area contributed by atoms with Gasteiger partial charge in [-0.2, -0.15) is 0 Å². The Hall–Kier alpha value is -1.62. The van der Waals surface area contributed by atoms with Crippen molar-refractivity contribution in [3.63, 3.8) is 0 Å². The smallest absolute Gasteiger partial charge is 0.256 e. The third-order valence-electron chi connectivity index (χ3n) is 3.45. The van der Waals surface area contributed by atoms with Gasteiger partial charge in [0.25, 0.3) is 5.91 Å². The van der Waals surface area contributed by atoms with Gasteiger partial charge in [0, 0.05) is 35.3 Å². The van der Waals surface area contributed by atoms with Crippen LogP contribution in [-0.2, 0) is 0 Å². The Balaban J connectivity index is 1.87. The maximum atomic E-state index is 12.6. The summed E-state index contributed by atoms with van der Waals surface area (Å²) in [5, 5.41) is 0. The van der Waals surface area contributed by atoms with Crippen molar-refractivity contribution in [2.45, 2.75) is 18.9 Å². The van der Waals surface area contributed by atoms with E-state index in [9.17, 15) is 4.79 Å². The van der Waals surface area contributed by atoms with Crippen molar-refractivity contribution < 1.29 is 4.79 Å². The molecule has 1 aliphatic rings. The number of aromatic amines is 1. The molecule has 4 nitrogen and oxygen atoms in total. The first kappa shape index (κ1) is 12.4. The molecular formula is C14H14BrN3O. The summed E-state index contributed by atoms with van der Waals surface area (Å²) in [7, 11) is 0. The minimum atomic E-state index is 0.0471. The van der Waals surface area contributed by atoms with Gasteiger partial charge in [-0.1, -0.05) is 0 Å². The fourth-order valence-electron chi connectivity index (χ4n) is 2.58. The number of rotatable bonds is 2. The van der Waals surface area contributed by atoms with Crippen LogP contribution in [0.15, 0.2) is 41.3 Å². The number of carbonyl (C=O) groups is 1. The van der Waals surface area contributed by atoms with Gasteiger partial charge in [-0.3, -0.25) is 9.78 Å². The molecule has 1 aliphatic heterocycles. The summed E-state index contributed by atoms with van der Waals surface area (Å²) in [5.74, 6) is 0.0471. The molecule has 0 saturated carbocycles. The molecule has 1 saturated heterocycles. The summed E-state index contributed by atoms with van der Waals surface area (Å²) < 4.78 is 0.828. The van der Waals surface area contributed by atoms with Crippen LogP contribution in [0.2, 0.25) is 0 Å². The maximum absolute atomic E-state index is 12.6. The van der Waals surface area contributed by atoms with Gasteiger partial charge in [0.05, 0.1) is 11.6 Å². The number of pyridine rings is 1. The molecule has 2 aromatic rings. The molecule has 1 fully saturated rings. The topological polar surface area (TPSA) is 49.0 Å². The number of likely N-dealkylation sites (tertiary alicyclic amines) is 1. The average Bonchev–Trinajstić information content (AvgIpc) is 3.08. The van der Waals surface area contributed by atoms with E-state index in [0.29, 0.717) is 5.56 Å². The molecule has 1 amide bonds. The second kappa shape index (κ2) is 5.17. The van der Waals surface area contributed by atoms with Crippen LogP contribution < -0.4 is 0 Å². The number of hydrogen-bond acceptors (Lipinski definition) is 2. The molecule has 0 unspecified atom stereocenters. The summed E-state index contributed by atoms with van der Waals surface area (Å²) in [6.45, 7) is 0.801. The van der Waals surface area contributed by atoms with Crippen LogP contribution >= 0.6 is 15.9 Å². The molecule has 2 aromatic heterocycles. The van der Waals surface area contributed by atoms with Gasteiger partial charge in [-0.25, -0.2) is 0 Å². The molecule has 0 aliphatic carbocycles. The quantitative estimate of drug-likeness (QED) is 0.924. The first-order valence-corrected chi connectivity index (χ1v) is 7.10. The third-order valence-corrected chi connectivity index (χ3v) is 3.88. The van der Waals surface area contributed by atoms with Crippen molar-refractivity contribution in [3.05, 3.63) is 52.5 Å². The Morgan fingerprint density at radius 1 is 1.47 bits per heavy atom. The second-order valence-electron chi connectivity index (χ2n) is 4.67. The molecule has 0 aromatic carbocycles. The molecular weight excluding hydrogens is 306 g/mol. The number of aromatic nitrogens is 2. The summed E-state index contributed by atoms with van der Waals surface area (Å²) in [6.07, 6.45) is 7.25. The predicted octanol–water partition coefficient (Wildman–Crippen LogP) is 3.15. The van der Waals surface area contributed by atoms with E-state index >= 15 is 0 Å². The van der Waals surface area contributed by atoms with Gasteiger partial charge >= 0.3 is 0 Å². The van der Waals surface area contributed by atoms with E-state index in [2.05, 4.69) is 25.9 Å². The van der Waals surface area contributed by atoms with Crippen LogP contribution in [0, 0.1) is 0 Å². The number of halogens is 1. The van der Waals surface area contributed by atoms with E-state index in [4.69, 9.17) is 0 Å². The lowest BCUT2D eigenvalue weighted by Crippen LogP contribution is -2.30. The molecule has 0 spiro atoms. The second-order valence-corrected chi connectivity index (χ2v) is 5.59. The Labute approximate surface area is 120 Å². The van der Waals surface area contributed by atoms with E-state index in [1.807, 2.05) is 29.3 Å². The van der Waals surface area contributed by atoms with Crippen molar-refractivity contribution in [1.29, 1.82) is 0 Å². The van der Waals surface area contributed by atoms with E-state index in [1.165, 1.54) is 0 Å². The van der Waals surface area contributed by atoms with Crippen molar-refractivity contribution >= 4 is 21.8 Å². The summed E-state index contributed by atoms with van der Waals surface area (Å²) in [5.41, 5.74) is 1.74. The van der Waals surface area contributed by atoms with E-state index < -0.39 is 0 Å². The minimum Gasteiger partial charge on any atom is -0.363 e. The first-order valence-electron chi connectivity index (χ1n) is 6.30. The van der Waals surface area contributed by atoms with Crippen LogP contribution in [0.4, 0.5) is 0 Å². The molecule has 0 radical (unpaired) electrons. The van der Waals surface area contributed by atoms with Crippen LogP contribution in [0.25, 0.3) is 0 Å². The third kappa shape index (κ3) is 2.42. The van der Waals surface area contributed by atoms with Crippen LogP contribution in [0.1, 0.15) is 34.9 Å². The lowest BCUT2D eigenvalue weighted by Gasteiger charge is -2.24. The predicted molar refractivity (Wildman–Crippen MR) is 75.7 cm³/mol. The number of nitrogens with one attached hydrogen (secondary N) is 1. The highest BCUT2D eigenvalue weighted by atomic mass is 79.9. The van der Waals surface area contributed by atoms with Gasteiger partial charge in [0.15, 0.2) is 0 Å². The van der Waals surface area contributed by atoms with E-state index in [1.54, 1.807) is 12.4 Å². The first-order chi connectivity index (χ1) is 9.25. The minimum absolute atomic E-state index is 0.0471. The van der Waals surface area contributed by atoms with Gasteiger partial charge < -0.3 is 9.88 Å². The molecule has 3 rings (SSSR count). The standard InChI is InChI=1S/C14H14BrN3O/c15-11-7-10(8-16-9-11)14(19)18-6-2-4-13(18)12-3-1-5-17-12/h1,3,5,7-9,13,17H,2,4,6H2/t13-/m0/s1. The Morgan fingerprint density at radius 2 is 2.37 bits per heavy atom. The summed E-state index contributed by atoms with van der Waals surface area (Å²) in [6, 6.07) is 5.98. The van der Waals surface area contributed by atoms with Gasteiger partial charge in [-0.05, 0) is 47.0 Å². The fourth-order valence-corrected chi connectivity index (χ4v) is 2.94. The average molecular weight is 320 g/mol. The van der Waals surface area contributed by atoms with E-state index in [0.717, 1.165) is 29.6 Å². The number of nitrogens with zero attached hydrogens (tertiary/aromatic N) is 2. The zero-order chi connectivity index (χ0) is 13.2. The Morgan fingerprint density at radius 3 is 3.11 bits per heavy atom. The number of amides is 1. The van der Waals surface area contributed by atoms with Gasteiger partial charge in [0.1, 0.15) is 0 Å². The lowest BCUT2D eigenvalue weighted by molar-refractivity contribution is 0.0732. The monoisotopic (exact) mass is 319 g/mol. The van der Waals surface area contributed by atoms with Gasteiger partial charge in [-0.15, -0.1) is 0 Å². The molecule has 1 atom stereocenters. The Kier molecular flexibility index (Phi) is 3.38. The van der Waals surface area contributed by atoms with Gasteiger partial charge in [0.2, 0.25) is 0 Å². The molecule has 3 heterocycles. The highest BCUT2D eigenvalue weighted by Crippen LogP contribution is 2.32. The van der Waals surface area contributed by atoms with Crippen molar-refractivity contribution in [1.82, 2.24) is 14.9 Å². The SMILES string of the molecule is O=C(c1cncc(Br)c1)N1CCC[C@H]1c1ccc[nH]1. The largest absolute Gasteiger partial charge is 0.363 e. The molecule has 1 N–H and O–H groups in total. The van der Waals surface area contributed by atoms with Crippen LogP contribution in [0.3, 0.4) is 0 Å². The maximum Gasteiger partial charge on any atom is 0.256 e. The molecule has 5 heteroatoms. The van der Waals surface area contributed by atoms with Crippen LogP contribution in [0.5, 0.6) is 0 Å². The van der Waals surface area contributed by atoms with Crippen molar-refractivity contribution in [3.8, 4) is 0 Å². The lowest BCUT2D eigenvalue weighted by atomic mass is 10.1. The highest BCUT2D eigenvalue weighted by Gasteiger charge is 2.31. The molecule has 19 heavy (non-hydrogen) atoms. The summed E-state index contributed by atoms with van der Waals surface area (Å²) in [4.78, 5) is 21.8. The highest BCUT2D eigenvalue weighted by molar-refractivity contribution is 9.10. The van der Waals surface area contributed by atoms with Crippen LogP contribution in [-0.4, -0.2) is 27.3 Å². The zero-order valence-electron chi connectivity index (χ0n) is 10.3. The fraction of sp³-hybridized carbons (Fsp3) is 0.286. The number of H-pyrrole nitrogens is 1.